The van der Waals surface area contributed by atoms with E-state index in [2.05, 4.69) is 20.3 Å². The second-order valence-electron chi connectivity index (χ2n) is 17.2. The number of aliphatic hydroxyl groups is 2. The van der Waals surface area contributed by atoms with Crippen LogP contribution in [0.3, 0.4) is 0 Å². The van der Waals surface area contributed by atoms with E-state index in [-0.39, 0.29) is 66.6 Å². The van der Waals surface area contributed by atoms with Crippen LogP contribution in [0.4, 0.5) is 22.0 Å². The lowest BCUT2D eigenvalue weighted by Gasteiger charge is -2.46. The Labute approximate surface area is 404 Å². The van der Waals surface area contributed by atoms with Crippen LogP contribution in [0.5, 0.6) is 5.75 Å². The maximum atomic E-state index is 13.9. The summed E-state index contributed by atoms with van der Waals surface area (Å²) in [4.78, 5) is 55.3. The first-order chi connectivity index (χ1) is 32.6. The van der Waals surface area contributed by atoms with E-state index >= 15 is 0 Å². The third-order valence-electron chi connectivity index (χ3n) is 11.6. The number of rotatable bonds is 14. The number of hydrogen-bond acceptors (Lipinski definition) is 12. The minimum atomic E-state index is -4.65. The number of pyridine rings is 2. The molecule has 5 heterocycles. The summed E-state index contributed by atoms with van der Waals surface area (Å²) in [6, 6.07) is 16.7. The Morgan fingerprint density at radius 1 is 0.971 bits per heavy atom. The largest absolute Gasteiger partial charge is 0.490 e. The van der Waals surface area contributed by atoms with Crippen LogP contribution in [-0.2, 0) is 21.5 Å². The molecule has 370 valence electrons. The van der Waals surface area contributed by atoms with Crippen LogP contribution in [0.1, 0.15) is 53.7 Å². The van der Waals surface area contributed by atoms with Gasteiger partial charge in [-0.3, -0.25) is 29.2 Å². The van der Waals surface area contributed by atoms with E-state index in [0.29, 0.717) is 23.4 Å². The van der Waals surface area contributed by atoms with E-state index in [1.54, 1.807) is 43.0 Å². The van der Waals surface area contributed by atoms with Crippen LogP contribution >= 0.6 is 23.2 Å². The number of alkyl halides is 3. The van der Waals surface area contributed by atoms with Crippen LogP contribution < -0.4 is 15.4 Å². The molecule has 2 aliphatic heterocycles. The summed E-state index contributed by atoms with van der Waals surface area (Å²) in [5.74, 6) is -2.76. The number of fused-ring (bicyclic) bond motifs is 1. The molecule has 1 saturated heterocycles. The van der Waals surface area contributed by atoms with Gasteiger partial charge in [0.25, 0.3) is 5.91 Å². The van der Waals surface area contributed by atoms with E-state index in [0.717, 1.165) is 17.8 Å². The topological polar surface area (TPSA) is 186 Å². The number of β-amino-alcohol motifs (C(OH)–C–C–N with tert-alkyl or cyclic N) is 1. The van der Waals surface area contributed by atoms with Gasteiger partial charge in [-0.25, -0.2) is 18.7 Å². The molecule has 4 N–H and O–H groups in total. The maximum absolute atomic E-state index is 13.9. The molecule has 0 unspecified atom stereocenters. The zero-order valence-electron chi connectivity index (χ0n) is 37.9. The minimum absolute atomic E-state index is 0.00133. The van der Waals surface area contributed by atoms with Crippen LogP contribution in [0, 0.1) is 17.6 Å². The van der Waals surface area contributed by atoms with Crippen LogP contribution in [-0.4, -0.2) is 135 Å². The van der Waals surface area contributed by atoms with Gasteiger partial charge in [-0.1, -0.05) is 71.7 Å². The Morgan fingerprint density at radius 3 is 2.38 bits per heavy atom. The van der Waals surface area contributed by atoms with Gasteiger partial charge in [0.2, 0.25) is 17.7 Å². The van der Waals surface area contributed by atoms with Gasteiger partial charge in [0.1, 0.15) is 42.0 Å². The summed E-state index contributed by atoms with van der Waals surface area (Å²) in [5, 5.41) is 26.8. The number of carbonyl (C=O) groups excluding carboxylic acids is 3. The number of benzene rings is 2. The summed E-state index contributed by atoms with van der Waals surface area (Å²) < 4.78 is 78.1. The Morgan fingerprint density at radius 2 is 1.68 bits per heavy atom. The molecule has 0 aliphatic carbocycles. The molecular weight excluding hydrogens is 954 g/mol. The fourth-order valence-electron chi connectivity index (χ4n) is 7.96. The predicted octanol–water partition coefficient (Wildman–Crippen LogP) is 6.23. The molecule has 3 aromatic heterocycles. The molecule has 22 heteroatoms. The number of halogens is 7. The number of aromatic nitrogens is 3. The Hall–Kier alpha value is -5.77. The number of aliphatic hydroxyl groups excluding tert-OH is 2. The van der Waals surface area contributed by atoms with Gasteiger partial charge < -0.3 is 34.9 Å². The van der Waals surface area contributed by atoms with Crippen LogP contribution in [0.15, 0.2) is 89.7 Å². The van der Waals surface area contributed by atoms with E-state index in [1.165, 1.54) is 37.5 Å². The summed E-state index contributed by atoms with van der Waals surface area (Å²) in [6.07, 6.45) is -2.71. The van der Waals surface area contributed by atoms with Gasteiger partial charge in [-0.15, -0.1) is 0 Å². The fraction of sp³-hybridized carbons (Fsp3) is 0.404. The first-order valence-corrected chi connectivity index (χ1v) is 22.4. The number of amides is 3. The normalized spacial score (nSPS) is 18.4. The minimum Gasteiger partial charge on any atom is -0.490 e. The van der Waals surface area contributed by atoms with Gasteiger partial charge in [0.15, 0.2) is 16.7 Å². The van der Waals surface area contributed by atoms with E-state index in [9.17, 15) is 46.5 Å². The lowest BCUT2D eigenvalue weighted by Crippen LogP contribution is -2.63. The number of piperazine rings is 1. The molecule has 0 saturated carbocycles. The number of nitrogens with zero attached hydrogens (tertiary/aromatic N) is 6. The second kappa shape index (κ2) is 22.8. The number of ether oxygens (including phenoxy) is 1. The Kier molecular flexibility index (Phi) is 17.4. The average Bonchev–Trinajstić information content (AvgIpc) is 3.82. The highest BCUT2D eigenvalue weighted by atomic mass is 35.5. The van der Waals surface area contributed by atoms with Crippen molar-refractivity contribution in [1.29, 1.82) is 0 Å². The van der Waals surface area contributed by atoms with Crippen molar-refractivity contribution in [3.05, 3.63) is 130 Å². The summed E-state index contributed by atoms with van der Waals surface area (Å²) in [7, 11) is 3.07. The van der Waals surface area contributed by atoms with E-state index < -0.39 is 77.8 Å². The third kappa shape index (κ3) is 13.7. The third-order valence-corrected chi connectivity index (χ3v) is 12.2. The molecule has 15 nitrogen and oxygen atoms in total. The van der Waals surface area contributed by atoms with Gasteiger partial charge in [0.05, 0.1) is 35.6 Å². The average molecular weight is 1010 g/mol. The van der Waals surface area contributed by atoms with Crippen molar-refractivity contribution in [3.8, 4) is 17.1 Å². The van der Waals surface area contributed by atoms with Crippen molar-refractivity contribution in [2.75, 3.05) is 53.4 Å². The Bertz CT molecular complexity index is 2570. The molecule has 0 bridgehead atoms. The van der Waals surface area contributed by atoms with E-state index in [1.807, 2.05) is 40.5 Å². The van der Waals surface area contributed by atoms with Crippen molar-refractivity contribution < 1.29 is 55.7 Å². The number of para-hydroxylation sites is 1. The Balaban J connectivity index is 0.000000480. The number of hydrogen-bond donors (Lipinski definition) is 4. The number of oxazole rings is 1. The second-order valence-corrected chi connectivity index (χ2v) is 18.0. The fourth-order valence-corrected chi connectivity index (χ4v) is 8.36. The van der Waals surface area contributed by atoms with Crippen molar-refractivity contribution in [2.24, 2.45) is 5.92 Å². The summed E-state index contributed by atoms with van der Waals surface area (Å²) >= 11 is 11.0. The van der Waals surface area contributed by atoms with E-state index in [4.69, 9.17) is 32.4 Å². The molecule has 2 aliphatic rings. The quantitative estimate of drug-likeness (QED) is 0.0728. The standard InChI is InChI=1S/C39H44F4N6O6.C8H7Cl2FN2O/c1-38(2,37-45-19-33(55-37)26-15-27(40)18-44-17-26)49-13-12-48(30(21-49)36(53)46-23-39(41,42)43)20-28(50)16-25(14-24-8-4-3-5-9-24)35(52)47-34-29-10-6-7-11-32(29)54-22-31(34)51;1-13(2)8(14)4-3-5(11)7(10)12-6(4)9/h3-11,15,17-19,25,28,30-31,34,50-51H,12-14,16,20-23H2,1-2H3,(H,46,53)(H,47,52);3H,1-2H3/t25-,28+,30+,31-,34+;/m1./s1. The van der Waals surface area contributed by atoms with Crippen molar-refractivity contribution >= 4 is 40.9 Å². The molecule has 0 radical (unpaired) electrons. The zero-order valence-corrected chi connectivity index (χ0v) is 39.4. The van der Waals surface area contributed by atoms with Crippen LogP contribution in [0.2, 0.25) is 10.3 Å². The molecule has 7 rings (SSSR count). The zero-order chi connectivity index (χ0) is 50.2. The highest BCUT2D eigenvalue weighted by Crippen LogP contribution is 2.35. The highest BCUT2D eigenvalue weighted by Gasteiger charge is 2.43. The molecule has 0 spiro atoms. The molecule has 5 atom stereocenters. The SMILES string of the molecule is CC(C)(c1ncc(-c2cncc(F)c2)o1)N1CCN(C[C@@H](O)C[C@@H](Cc2ccccc2)C(=O)N[C@H]2c3ccccc3OC[C@H]2O)[C@H](C(=O)NCC(F)(F)F)C1.CN(C)C(=O)c1cc(F)c(Cl)nc1Cl. The van der Waals surface area contributed by atoms with Crippen LogP contribution in [0.25, 0.3) is 11.3 Å². The van der Waals surface area contributed by atoms with Gasteiger partial charge in [0, 0.05) is 63.5 Å². The first kappa shape index (κ1) is 52.6. The summed E-state index contributed by atoms with van der Waals surface area (Å²) in [5.41, 5.74) is 0.864. The lowest BCUT2D eigenvalue weighted by molar-refractivity contribution is -0.144. The molecular formula is C47H51Cl2F5N8O7. The number of nitrogens with one attached hydrogen (secondary N) is 2. The van der Waals surface area contributed by atoms with Gasteiger partial charge in [-0.05, 0) is 50.5 Å². The smallest absolute Gasteiger partial charge is 0.405 e. The number of carbonyl (C=O) groups is 3. The predicted molar refractivity (Wildman–Crippen MR) is 244 cm³/mol. The molecule has 2 aromatic carbocycles. The maximum Gasteiger partial charge on any atom is 0.405 e. The van der Waals surface area contributed by atoms with Crippen molar-refractivity contribution in [3.63, 3.8) is 0 Å². The molecule has 1 fully saturated rings. The molecule has 69 heavy (non-hydrogen) atoms. The molecule has 3 amide bonds. The van der Waals surface area contributed by atoms with Crippen molar-refractivity contribution in [1.82, 2.24) is 40.3 Å². The molecule has 5 aromatic rings. The summed E-state index contributed by atoms with van der Waals surface area (Å²) in [6.45, 7) is 2.37. The highest BCUT2D eigenvalue weighted by molar-refractivity contribution is 6.34. The van der Waals surface area contributed by atoms with Crippen molar-refractivity contribution in [2.45, 2.75) is 62.7 Å². The van der Waals surface area contributed by atoms with Gasteiger partial charge >= 0.3 is 6.18 Å². The van der Waals surface area contributed by atoms with Gasteiger partial charge in [-0.2, -0.15) is 13.2 Å². The monoisotopic (exact) mass is 1000 g/mol. The first-order valence-electron chi connectivity index (χ1n) is 21.7. The lowest BCUT2D eigenvalue weighted by atomic mass is 9.90.